The van der Waals surface area contributed by atoms with Crippen LogP contribution in [0, 0.1) is 6.92 Å². The van der Waals surface area contributed by atoms with E-state index < -0.39 is 0 Å². The third-order valence-electron chi connectivity index (χ3n) is 3.99. The van der Waals surface area contributed by atoms with Crippen molar-refractivity contribution in [2.75, 3.05) is 26.6 Å². The SMILES string of the molecule is COc1ccc2oc(C(=O)Nc3ccc(OC)c(OC)c3)c(C)c2c1. The van der Waals surface area contributed by atoms with Crippen LogP contribution in [-0.4, -0.2) is 27.2 Å². The molecule has 3 rings (SSSR count). The maximum Gasteiger partial charge on any atom is 0.291 e. The fourth-order valence-corrected chi connectivity index (χ4v) is 2.65. The van der Waals surface area contributed by atoms with Gasteiger partial charge in [-0.2, -0.15) is 0 Å². The molecule has 6 heteroatoms. The zero-order valence-corrected chi connectivity index (χ0v) is 14.5. The summed E-state index contributed by atoms with van der Waals surface area (Å²) in [6.07, 6.45) is 0. The minimum Gasteiger partial charge on any atom is -0.497 e. The van der Waals surface area contributed by atoms with E-state index in [1.54, 1.807) is 51.7 Å². The number of amides is 1. The normalized spacial score (nSPS) is 10.6. The standard InChI is InChI=1S/C19H19NO5/c1-11-14-10-13(22-2)6-8-15(14)25-18(11)19(21)20-12-5-7-16(23-3)17(9-12)24-4/h5-10H,1-4H3,(H,20,21). The van der Waals surface area contributed by atoms with Gasteiger partial charge < -0.3 is 23.9 Å². The first-order chi connectivity index (χ1) is 12.1. The number of furan rings is 1. The molecule has 25 heavy (non-hydrogen) atoms. The number of fused-ring (bicyclic) bond motifs is 1. The third-order valence-corrected chi connectivity index (χ3v) is 3.99. The maximum absolute atomic E-state index is 12.6. The Labute approximate surface area is 145 Å². The highest BCUT2D eigenvalue weighted by molar-refractivity contribution is 6.06. The van der Waals surface area contributed by atoms with Crippen LogP contribution in [0.3, 0.4) is 0 Å². The van der Waals surface area contributed by atoms with E-state index in [4.69, 9.17) is 18.6 Å². The first-order valence-corrected chi connectivity index (χ1v) is 7.68. The van der Waals surface area contributed by atoms with Crippen molar-refractivity contribution in [1.29, 1.82) is 0 Å². The lowest BCUT2D eigenvalue weighted by atomic mass is 10.1. The van der Waals surface area contributed by atoms with E-state index >= 15 is 0 Å². The van der Waals surface area contributed by atoms with Crippen molar-refractivity contribution < 1.29 is 23.4 Å². The summed E-state index contributed by atoms with van der Waals surface area (Å²) in [4.78, 5) is 12.6. The second-order valence-corrected chi connectivity index (χ2v) is 5.44. The van der Waals surface area contributed by atoms with Crippen LogP contribution >= 0.6 is 0 Å². The molecule has 6 nitrogen and oxygen atoms in total. The number of hydrogen-bond donors (Lipinski definition) is 1. The van der Waals surface area contributed by atoms with Gasteiger partial charge in [-0.25, -0.2) is 0 Å². The molecule has 0 saturated heterocycles. The monoisotopic (exact) mass is 341 g/mol. The molecule has 0 atom stereocenters. The van der Waals surface area contributed by atoms with Crippen LogP contribution in [0.15, 0.2) is 40.8 Å². The van der Waals surface area contributed by atoms with Crippen LogP contribution in [0.1, 0.15) is 16.1 Å². The quantitative estimate of drug-likeness (QED) is 0.759. The zero-order valence-electron chi connectivity index (χ0n) is 14.5. The molecule has 0 fully saturated rings. The molecule has 0 aliphatic rings. The molecule has 0 spiro atoms. The van der Waals surface area contributed by atoms with Gasteiger partial charge in [0.05, 0.1) is 21.3 Å². The van der Waals surface area contributed by atoms with Crippen molar-refractivity contribution in [1.82, 2.24) is 0 Å². The van der Waals surface area contributed by atoms with Crippen molar-refractivity contribution >= 4 is 22.6 Å². The molecule has 0 aliphatic carbocycles. The molecule has 1 amide bonds. The molecule has 3 aromatic rings. The van der Waals surface area contributed by atoms with E-state index in [-0.39, 0.29) is 11.7 Å². The van der Waals surface area contributed by atoms with Gasteiger partial charge in [-0.15, -0.1) is 0 Å². The van der Waals surface area contributed by atoms with Gasteiger partial charge in [0.2, 0.25) is 0 Å². The largest absolute Gasteiger partial charge is 0.497 e. The summed E-state index contributed by atoms with van der Waals surface area (Å²) < 4.78 is 21.4. The molecule has 1 heterocycles. The first-order valence-electron chi connectivity index (χ1n) is 7.68. The lowest BCUT2D eigenvalue weighted by Crippen LogP contribution is -2.12. The van der Waals surface area contributed by atoms with Gasteiger partial charge in [-0.1, -0.05) is 0 Å². The van der Waals surface area contributed by atoms with Gasteiger partial charge in [0.15, 0.2) is 17.3 Å². The molecule has 0 bridgehead atoms. The minimum absolute atomic E-state index is 0.262. The Morgan fingerprint density at radius 3 is 2.40 bits per heavy atom. The summed E-state index contributed by atoms with van der Waals surface area (Å²) in [7, 11) is 4.70. The van der Waals surface area contributed by atoms with Crippen molar-refractivity contribution in [3.8, 4) is 17.2 Å². The number of nitrogens with one attached hydrogen (secondary N) is 1. The first kappa shape index (κ1) is 16.7. The van der Waals surface area contributed by atoms with Crippen LogP contribution in [0.2, 0.25) is 0 Å². The summed E-state index contributed by atoms with van der Waals surface area (Å²) >= 11 is 0. The number of benzene rings is 2. The average Bonchev–Trinajstić information content (AvgIpc) is 2.97. The van der Waals surface area contributed by atoms with E-state index in [2.05, 4.69) is 5.32 Å². The number of rotatable bonds is 5. The lowest BCUT2D eigenvalue weighted by molar-refractivity contribution is 0.0998. The number of ether oxygens (including phenoxy) is 3. The van der Waals surface area contributed by atoms with Crippen LogP contribution in [0.4, 0.5) is 5.69 Å². The summed E-state index contributed by atoms with van der Waals surface area (Å²) in [6.45, 7) is 1.84. The van der Waals surface area contributed by atoms with Crippen molar-refractivity contribution in [2.24, 2.45) is 0 Å². The number of aryl methyl sites for hydroxylation is 1. The minimum atomic E-state index is -0.333. The average molecular weight is 341 g/mol. The van der Waals surface area contributed by atoms with Gasteiger partial charge in [-0.3, -0.25) is 4.79 Å². The van der Waals surface area contributed by atoms with E-state index in [1.807, 2.05) is 13.0 Å². The summed E-state index contributed by atoms with van der Waals surface area (Å²) in [5.74, 6) is 1.76. The van der Waals surface area contributed by atoms with E-state index in [0.29, 0.717) is 28.5 Å². The number of carbonyl (C=O) groups is 1. The number of anilines is 1. The Morgan fingerprint density at radius 1 is 0.960 bits per heavy atom. The molecular weight excluding hydrogens is 322 g/mol. The van der Waals surface area contributed by atoms with Gasteiger partial charge in [0, 0.05) is 22.7 Å². The maximum atomic E-state index is 12.6. The molecule has 0 radical (unpaired) electrons. The molecule has 130 valence electrons. The lowest BCUT2D eigenvalue weighted by Gasteiger charge is -2.10. The Morgan fingerprint density at radius 2 is 1.72 bits per heavy atom. The molecule has 2 aromatic carbocycles. The highest BCUT2D eigenvalue weighted by atomic mass is 16.5. The van der Waals surface area contributed by atoms with Gasteiger partial charge in [-0.05, 0) is 37.3 Å². The Hall–Kier alpha value is -3.15. The zero-order chi connectivity index (χ0) is 18.0. The Balaban J connectivity index is 1.91. The third kappa shape index (κ3) is 3.10. The number of carbonyl (C=O) groups excluding carboxylic acids is 1. The topological polar surface area (TPSA) is 69.9 Å². The van der Waals surface area contributed by atoms with Crippen molar-refractivity contribution in [2.45, 2.75) is 6.92 Å². The fourth-order valence-electron chi connectivity index (χ4n) is 2.65. The van der Waals surface area contributed by atoms with Gasteiger partial charge >= 0.3 is 0 Å². The van der Waals surface area contributed by atoms with Crippen LogP contribution in [0.25, 0.3) is 11.0 Å². The molecule has 0 saturated carbocycles. The second-order valence-electron chi connectivity index (χ2n) is 5.44. The predicted molar refractivity (Wildman–Crippen MR) is 95.0 cm³/mol. The Bertz CT molecular complexity index is 929. The van der Waals surface area contributed by atoms with E-state index in [9.17, 15) is 4.79 Å². The van der Waals surface area contributed by atoms with Crippen LogP contribution in [0.5, 0.6) is 17.2 Å². The van der Waals surface area contributed by atoms with Crippen molar-refractivity contribution in [3.63, 3.8) is 0 Å². The number of methoxy groups -OCH3 is 3. The van der Waals surface area contributed by atoms with Gasteiger partial charge in [0.1, 0.15) is 11.3 Å². The molecule has 1 aromatic heterocycles. The molecule has 1 N–H and O–H groups in total. The van der Waals surface area contributed by atoms with Gasteiger partial charge in [0.25, 0.3) is 5.91 Å². The van der Waals surface area contributed by atoms with Crippen LogP contribution in [-0.2, 0) is 0 Å². The molecule has 0 aliphatic heterocycles. The smallest absolute Gasteiger partial charge is 0.291 e. The molecular formula is C19H19NO5. The van der Waals surface area contributed by atoms with E-state index in [1.165, 1.54) is 0 Å². The summed E-state index contributed by atoms with van der Waals surface area (Å²) in [6, 6.07) is 10.6. The predicted octanol–water partition coefficient (Wildman–Crippen LogP) is 4.02. The highest BCUT2D eigenvalue weighted by Crippen LogP contribution is 2.32. The Kier molecular flexibility index (Phi) is 4.52. The second kappa shape index (κ2) is 6.76. The summed E-state index contributed by atoms with van der Waals surface area (Å²) in [5, 5.41) is 3.66. The summed E-state index contributed by atoms with van der Waals surface area (Å²) in [5.41, 5.74) is 1.97. The van der Waals surface area contributed by atoms with E-state index in [0.717, 1.165) is 10.9 Å². The number of hydrogen-bond acceptors (Lipinski definition) is 5. The fraction of sp³-hybridized carbons (Fsp3) is 0.211. The highest BCUT2D eigenvalue weighted by Gasteiger charge is 2.19. The molecule has 0 unspecified atom stereocenters. The van der Waals surface area contributed by atoms with Crippen molar-refractivity contribution in [3.05, 3.63) is 47.7 Å². The van der Waals surface area contributed by atoms with Crippen LogP contribution < -0.4 is 19.5 Å².